The molecule has 1 rings (SSSR count). The Balaban J connectivity index is 3.02. The van der Waals surface area contributed by atoms with Crippen LogP contribution in [0.25, 0.3) is 0 Å². The number of hydrogen-bond acceptors (Lipinski definition) is 4. The van der Waals surface area contributed by atoms with Crippen LogP contribution >= 0.6 is 11.6 Å². The number of nitro benzene ring substituents is 1. The van der Waals surface area contributed by atoms with E-state index in [2.05, 4.69) is 0 Å². The van der Waals surface area contributed by atoms with Crippen LogP contribution in [0.4, 0.5) is 5.69 Å². The lowest BCUT2D eigenvalue weighted by Gasteiger charge is -2.12. The maximum Gasteiger partial charge on any atom is 0.287 e. The van der Waals surface area contributed by atoms with Crippen LogP contribution in [-0.4, -0.2) is 29.3 Å². The third-order valence-corrected chi connectivity index (χ3v) is 2.35. The van der Waals surface area contributed by atoms with E-state index in [4.69, 9.17) is 16.9 Å². The summed E-state index contributed by atoms with van der Waals surface area (Å²) in [5, 5.41) is 18.9. The van der Waals surface area contributed by atoms with Gasteiger partial charge in [0.25, 0.3) is 11.6 Å². The van der Waals surface area contributed by atoms with E-state index in [1.54, 1.807) is 0 Å². The summed E-state index contributed by atoms with van der Waals surface area (Å²) in [4.78, 5) is 22.8. The van der Waals surface area contributed by atoms with Gasteiger partial charge < -0.3 is 4.90 Å². The highest BCUT2D eigenvalue weighted by molar-refractivity contribution is 6.33. The predicted molar refractivity (Wildman–Crippen MR) is 60.7 cm³/mol. The van der Waals surface area contributed by atoms with Gasteiger partial charge in [-0.3, -0.25) is 14.9 Å². The van der Waals surface area contributed by atoms with Gasteiger partial charge in [-0.1, -0.05) is 11.6 Å². The molecule has 1 amide bonds. The average Bonchev–Trinajstić information content (AvgIpc) is 2.27. The van der Waals surface area contributed by atoms with Crippen LogP contribution in [0.3, 0.4) is 0 Å². The van der Waals surface area contributed by atoms with Gasteiger partial charge in [0.15, 0.2) is 0 Å². The molecule has 0 saturated heterocycles. The molecule has 0 saturated carbocycles. The normalized spacial score (nSPS) is 9.47. The van der Waals surface area contributed by atoms with Crippen molar-refractivity contribution in [3.8, 4) is 6.07 Å². The number of rotatable bonds is 3. The van der Waals surface area contributed by atoms with E-state index in [0.717, 1.165) is 6.07 Å². The van der Waals surface area contributed by atoms with Crippen molar-refractivity contribution >= 4 is 23.2 Å². The third kappa shape index (κ3) is 2.92. The molecule has 17 heavy (non-hydrogen) atoms. The Kier molecular flexibility index (Phi) is 4.01. The van der Waals surface area contributed by atoms with Crippen LogP contribution in [0, 0.1) is 21.4 Å². The van der Waals surface area contributed by atoms with Gasteiger partial charge in [0.05, 0.1) is 11.0 Å². The number of benzene rings is 1. The number of halogens is 1. The monoisotopic (exact) mass is 253 g/mol. The highest BCUT2D eigenvalue weighted by Crippen LogP contribution is 2.25. The number of carbonyl (C=O) groups is 1. The van der Waals surface area contributed by atoms with Crippen molar-refractivity contribution in [2.75, 3.05) is 13.6 Å². The molecule has 7 heteroatoms. The smallest absolute Gasteiger partial charge is 0.287 e. The van der Waals surface area contributed by atoms with Gasteiger partial charge >= 0.3 is 0 Å². The molecule has 0 N–H and O–H groups in total. The molecule has 0 aromatic heterocycles. The lowest BCUT2D eigenvalue weighted by molar-refractivity contribution is -0.384. The Morgan fingerprint density at radius 1 is 1.65 bits per heavy atom. The molecule has 0 aliphatic heterocycles. The summed E-state index contributed by atoms with van der Waals surface area (Å²) >= 11 is 5.67. The summed E-state index contributed by atoms with van der Waals surface area (Å²) in [5.74, 6) is -0.414. The minimum absolute atomic E-state index is 0.0621. The second-order valence-electron chi connectivity index (χ2n) is 3.24. The maximum atomic E-state index is 11.7. The first-order chi connectivity index (χ1) is 7.97. The van der Waals surface area contributed by atoms with Gasteiger partial charge in [0, 0.05) is 18.7 Å². The first kappa shape index (κ1) is 12.9. The van der Waals surface area contributed by atoms with Crippen molar-refractivity contribution in [3.05, 3.63) is 38.9 Å². The number of nitro groups is 1. The Morgan fingerprint density at radius 2 is 2.29 bits per heavy atom. The van der Waals surface area contributed by atoms with E-state index in [1.807, 2.05) is 6.07 Å². The molecule has 0 aliphatic carbocycles. The quantitative estimate of drug-likeness (QED) is 0.467. The molecule has 1 aromatic carbocycles. The number of carbonyl (C=O) groups excluding carboxylic acids is 1. The molecule has 0 radical (unpaired) electrons. The van der Waals surface area contributed by atoms with Gasteiger partial charge in [0.2, 0.25) is 0 Å². The number of nitriles is 1. The fourth-order valence-corrected chi connectivity index (χ4v) is 1.44. The van der Waals surface area contributed by atoms with E-state index >= 15 is 0 Å². The zero-order chi connectivity index (χ0) is 13.0. The van der Waals surface area contributed by atoms with Crippen LogP contribution in [-0.2, 0) is 0 Å². The maximum absolute atomic E-state index is 11.7. The Bertz CT molecular complexity index is 510. The average molecular weight is 254 g/mol. The molecule has 0 spiro atoms. The molecule has 0 aliphatic rings. The fraction of sp³-hybridized carbons (Fsp3) is 0.200. The lowest BCUT2D eigenvalue weighted by Crippen LogP contribution is -2.26. The van der Waals surface area contributed by atoms with E-state index in [1.165, 1.54) is 24.1 Å². The summed E-state index contributed by atoms with van der Waals surface area (Å²) in [6.07, 6.45) is 0. The largest absolute Gasteiger partial charge is 0.328 e. The molecule has 0 atom stereocenters. The number of amides is 1. The molecule has 6 nitrogen and oxygen atoms in total. The zero-order valence-corrected chi connectivity index (χ0v) is 9.64. The molecule has 0 fully saturated rings. The summed E-state index contributed by atoms with van der Waals surface area (Å²) in [6, 6.07) is 5.51. The van der Waals surface area contributed by atoms with Gasteiger partial charge in [-0.15, -0.1) is 0 Å². The first-order valence-electron chi connectivity index (χ1n) is 4.53. The summed E-state index contributed by atoms with van der Waals surface area (Å²) in [5.41, 5.74) is -0.0514. The SMILES string of the molecule is CN(CC#N)C(=O)c1ccc([N+](=O)[O-])c(Cl)c1. The predicted octanol–water partition coefficient (Wildman–Crippen LogP) is 1.84. The molecule has 0 bridgehead atoms. The summed E-state index contributed by atoms with van der Waals surface area (Å²) in [7, 11) is 1.46. The van der Waals surface area contributed by atoms with Crippen LogP contribution in [0.5, 0.6) is 0 Å². The molecule has 88 valence electrons. The standard InChI is InChI=1S/C10H8ClN3O3/c1-13(5-4-12)10(15)7-2-3-9(14(16)17)8(11)6-7/h2-3,6H,5H2,1H3. The van der Waals surface area contributed by atoms with Gasteiger partial charge in [-0.05, 0) is 12.1 Å². The molecular formula is C10H8ClN3O3. The highest BCUT2D eigenvalue weighted by atomic mass is 35.5. The number of nitrogens with zero attached hydrogens (tertiary/aromatic N) is 3. The van der Waals surface area contributed by atoms with Crippen molar-refractivity contribution in [3.63, 3.8) is 0 Å². The van der Waals surface area contributed by atoms with E-state index in [0.29, 0.717) is 0 Å². The highest BCUT2D eigenvalue weighted by Gasteiger charge is 2.17. The first-order valence-corrected chi connectivity index (χ1v) is 4.91. The third-order valence-electron chi connectivity index (χ3n) is 2.05. The Morgan fingerprint density at radius 3 is 2.76 bits per heavy atom. The zero-order valence-electron chi connectivity index (χ0n) is 8.88. The van der Waals surface area contributed by atoms with Crippen molar-refractivity contribution in [1.29, 1.82) is 5.26 Å². The summed E-state index contributed by atoms with van der Waals surface area (Å²) in [6.45, 7) is -0.0621. The Hall–Kier alpha value is -2.13. The van der Waals surface area contributed by atoms with Crippen LogP contribution in [0.1, 0.15) is 10.4 Å². The topological polar surface area (TPSA) is 87.2 Å². The van der Waals surface area contributed by atoms with E-state index in [9.17, 15) is 14.9 Å². The second kappa shape index (κ2) is 5.27. The van der Waals surface area contributed by atoms with Crippen molar-refractivity contribution < 1.29 is 9.72 Å². The number of hydrogen-bond donors (Lipinski definition) is 0. The van der Waals surface area contributed by atoms with E-state index < -0.39 is 10.8 Å². The van der Waals surface area contributed by atoms with Crippen molar-refractivity contribution in [2.45, 2.75) is 0 Å². The van der Waals surface area contributed by atoms with Gasteiger partial charge in [0.1, 0.15) is 11.6 Å². The van der Waals surface area contributed by atoms with Crippen molar-refractivity contribution in [2.24, 2.45) is 0 Å². The van der Waals surface area contributed by atoms with Gasteiger partial charge in [-0.25, -0.2) is 0 Å². The summed E-state index contributed by atoms with van der Waals surface area (Å²) < 4.78 is 0. The van der Waals surface area contributed by atoms with E-state index in [-0.39, 0.29) is 22.8 Å². The van der Waals surface area contributed by atoms with Gasteiger partial charge in [-0.2, -0.15) is 5.26 Å². The van der Waals surface area contributed by atoms with Crippen LogP contribution in [0.15, 0.2) is 18.2 Å². The van der Waals surface area contributed by atoms with Crippen LogP contribution < -0.4 is 0 Å². The minimum atomic E-state index is -0.629. The molecular weight excluding hydrogens is 246 g/mol. The molecule has 0 heterocycles. The lowest BCUT2D eigenvalue weighted by atomic mass is 10.2. The minimum Gasteiger partial charge on any atom is -0.328 e. The molecule has 0 unspecified atom stereocenters. The molecule has 1 aromatic rings. The Labute approximate surface area is 102 Å². The van der Waals surface area contributed by atoms with Crippen molar-refractivity contribution in [1.82, 2.24) is 4.90 Å². The van der Waals surface area contributed by atoms with Crippen LogP contribution in [0.2, 0.25) is 5.02 Å². The fourth-order valence-electron chi connectivity index (χ4n) is 1.19. The second-order valence-corrected chi connectivity index (χ2v) is 3.65.